The third kappa shape index (κ3) is 4.05. The Kier molecular flexibility index (Phi) is 5.53. The lowest BCUT2D eigenvalue weighted by Crippen LogP contribution is -1.83. The predicted octanol–water partition coefficient (Wildman–Crippen LogP) is 3.98. The summed E-state index contributed by atoms with van der Waals surface area (Å²) >= 11 is 1.92. The molecular formula is C12H18OS. The SMILES string of the molecule is CCCCCSc1ccc(OC)cc1. The molecule has 1 rings (SSSR count). The van der Waals surface area contributed by atoms with Crippen LogP contribution in [0.25, 0.3) is 0 Å². The first-order chi connectivity index (χ1) is 6.86. The normalized spacial score (nSPS) is 10.1. The number of hydrogen-bond donors (Lipinski definition) is 0. The van der Waals surface area contributed by atoms with Gasteiger partial charge in [-0.1, -0.05) is 19.8 Å². The maximum atomic E-state index is 5.10. The van der Waals surface area contributed by atoms with E-state index in [1.165, 1.54) is 29.9 Å². The van der Waals surface area contributed by atoms with Gasteiger partial charge in [-0.2, -0.15) is 0 Å². The van der Waals surface area contributed by atoms with Crippen LogP contribution in [-0.2, 0) is 0 Å². The van der Waals surface area contributed by atoms with E-state index in [9.17, 15) is 0 Å². The molecule has 0 aromatic heterocycles. The van der Waals surface area contributed by atoms with E-state index in [1.807, 2.05) is 23.9 Å². The Bertz CT molecular complexity index is 243. The molecule has 0 aliphatic carbocycles. The Morgan fingerprint density at radius 3 is 2.43 bits per heavy atom. The van der Waals surface area contributed by atoms with Crippen LogP contribution in [0.15, 0.2) is 29.2 Å². The molecule has 0 heterocycles. The second-order valence-electron chi connectivity index (χ2n) is 3.23. The molecule has 0 spiro atoms. The fourth-order valence-corrected chi connectivity index (χ4v) is 2.13. The molecule has 0 aliphatic rings. The minimum atomic E-state index is 0.933. The van der Waals surface area contributed by atoms with Gasteiger partial charge in [0.1, 0.15) is 5.75 Å². The van der Waals surface area contributed by atoms with E-state index in [4.69, 9.17) is 4.74 Å². The average Bonchev–Trinajstić information content (AvgIpc) is 2.25. The van der Waals surface area contributed by atoms with Crippen molar-refractivity contribution in [3.05, 3.63) is 24.3 Å². The molecule has 1 nitrogen and oxygen atoms in total. The number of methoxy groups -OCH3 is 1. The molecule has 14 heavy (non-hydrogen) atoms. The van der Waals surface area contributed by atoms with Gasteiger partial charge in [0.25, 0.3) is 0 Å². The summed E-state index contributed by atoms with van der Waals surface area (Å²) < 4.78 is 5.10. The first kappa shape index (κ1) is 11.4. The standard InChI is InChI=1S/C12H18OS/c1-3-4-5-10-14-12-8-6-11(13-2)7-9-12/h6-9H,3-5,10H2,1-2H3. The smallest absolute Gasteiger partial charge is 0.118 e. The van der Waals surface area contributed by atoms with E-state index in [0.717, 1.165) is 5.75 Å². The van der Waals surface area contributed by atoms with Gasteiger partial charge >= 0.3 is 0 Å². The Hall–Kier alpha value is -0.630. The quantitative estimate of drug-likeness (QED) is 0.519. The molecule has 78 valence electrons. The Morgan fingerprint density at radius 2 is 1.86 bits per heavy atom. The van der Waals surface area contributed by atoms with Crippen molar-refractivity contribution in [1.82, 2.24) is 0 Å². The molecule has 0 unspecified atom stereocenters. The largest absolute Gasteiger partial charge is 0.497 e. The summed E-state index contributed by atoms with van der Waals surface area (Å²) in [7, 11) is 1.70. The van der Waals surface area contributed by atoms with E-state index in [1.54, 1.807) is 7.11 Å². The number of hydrogen-bond acceptors (Lipinski definition) is 2. The highest BCUT2D eigenvalue weighted by Crippen LogP contribution is 2.22. The van der Waals surface area contributed by atoms with Gasteiger partial charge in [0, 0.05) is 4.90 Å². The molecular weight excluding hydrogens is 192 g/mol. The Balaban J connectivity index is 2.29. The molecule has 0 fully saturated rings. The van der Waals surface area contributed by atoms with Gasteiger partial charge in [-0.15, -0.1) is 11.8 Å². The van der Waals surface area contributed by atoms with Gasteiger partial charge in [-0.05, 0) is 36.4 Å². The zero-order chi connectivity index (χ0) is 10.2. The van der Waals surface area contributed by atoms with Crippen LogP contribution in [0.2, 0.25) is 0 Å². The van der Waals surface area contributed by atoms with E-state index in [2.05, 4.69) is 19.1 Å². The van der Waals surface area contributed by atoms with Crippen molar-refractivity contribution in [3.8, 4) is 5.75 Å². The summed E-state index contributed by atoms with van der Waals surface area (Å²) in [6.07, 6.45) is 3.94. The van der Waals surface area contributed by atoms with E-state index >= 15 is 0 Å². The van der Waals surface area contributed by atoms with Crippen LogP contribution < -0.4 is 4.74 Å². The zero-order valence-electron chi connectivity index (χ0n) is 8.95. The highest BCUT2D eigenvalue weighted by Gasteiger charge is 1.94. The summed E-state index contributed by atoms with van der Waals surface area (Å²) in [5.74, 6) is 2.16. The van der Waals surface area contributed by atoms with E-state index in [0.29, 0.717) is 0 Å². The molecule has 2 heteroatoms. The Morgan fingerprint density at radius 1 is 1.14 bits per heavy atom. The van der Waals surface area contributed by atoms with Gasteiger partial charge in [0.15, 0.2) is 0 Å². The molecule has 0 radical (unpaired) electrons. The third-order valence-corrected chi connectivity index (χ3v) is 3.17. The number of benzene rings is 1. The molecule has 0 saturated heterocycles. The fourth-order valence-electron chi connectivity index (χ4n) is 1.21. The van der Waals surface area contributed by atoms with Crippen molar-refractivity contribution in [3.63, 3.8) is 0 Å². The van der Waals surface area contributed by atoms with Crippen LogP contribution in [-0.4, -0.2) is 12.9 Å². The topological polar surface area (TPSA) is 9.23 Å². The van der Waals surface area contributed by atoms with Crippen LogP contribution in [0.1, 0.15) is 26.2 Å². The monoisotopic (exact) mass is 210 g/mol. The highest BCUT2D eigenvalue weighted by molar-refractivity contribution is 7.99. The third-order valence-electron chi connectivity index (χ3n) is 2.08. The van der Waals surface area contributed by atoms with Crippen LogP contribution >= 0.6 is 11.8 Å². The van der Waals surface area contributed by atoms with E-state index < -0.39 is 0 Å². The molecule has 1 aromatic carbocycles. The van der Waals surface area contributed by atoms with Gasteiger partial charge in [0.2, 0.25) is 0 Å². The van der Waals surface area contributed by atoms with E-state index in [-0.39, 0.29) is 0 Å². The second kappa shape index (κ2) is 6.77. The Labute approximate surface area is 90.9 Å². The van der Waals surface area contributed by atoms with Crippen LogP contribution in [0.5, 0.6) is 5.75 Å². The lowest BCUT2D eigenvalue weighted by molar-refractivity contribution is 0.414. The van der Waals surface area contributed by atoms with Crippen molar-refractivity contribution >= 4 is 11.8 Å². The van der Waals surface area contributed by atoms with Crippen molar-refractivity contribution in [2.24, 2.45) is 0 Å². The first-order valence-electron chi connectivity index (χ1n) is 5.13. The minimum absolute atomic E-state index is 0.933. The average molecular weight is 210 g/mol. The van der Waals surface area contributed by atoms with Crippen molar-refractivity contribution < 1.29 is 4.74 Å². The number of ether oxygens (including phenoxy) is 1. The van der Waals surface area contributed by atoms with Gasteiger partial charge < -0.3 is 4.74 Å². The van der Waals surface area contributed by atoms with Crippen molar-refractivity contribution in [2.45, 2.75) is 31.1 Å². The fraction of sp³-hybridized carbons (Fsp3) is 0.500. The summed E-state index contributed by atoms with van der Waals surface area (Å²) in [5, 5.41) is 0. The maximum Gasteiger partial charge on any atom is 0.118 e. The van der Waals surface area contributed by atoms with Crippen molar-refractivity contribution in [2.75, 3.05) is 12.9 Å². The molecule has 1 aromatic rings. The molecule has 0 bridgehead atoms. The molecule has 0 atom stereocenters. The predicted molar refractivity (Wildman–Crippen MR) is 63.2 cm³/mol. The first-order valence-corrected chi connectivity index (χ1v) is 6.12. The maximum absolute atomic E-state index is 5.10. The summed E-state index contributed by atoms with van der Waals surface area (Å²) in [5.41, 5.74) is 0. The zero-order valence-corrected chi connectivity index (χ0v) is 9.77. The molecule has 0 N–H and O–H groups in total. The number of thioether (sulfide) groups is 1. The molecule has 0 saturated carbocycles. The molecule has 0 amide bonds. The van der Waals surface area contributed by atoms with Gasteiger partial charge in [-0.3, -0.25) is 0 Å². The number of unbranched alkanes of at least 4 members (excludes halogenated alkanes) is 2. The highest BCUT2D eigenvalue weighted by atomic mass is 32.2. The van der Waals surface area contributed by atoms with Crippen molar-refractivity contribution in [1.29, 1.82) is 0 Å². The number of rotatable bonds is 6. The summed E-state index contributed by atoms with van der Waals surface area (Å²) in [4.78, 5) is 1.34. The lowest BCUT2D eigenvalue weighted by Gasteiger charge is -2.02. The van der Waals surface area contributed by atoms with Crippen LogP contribution in [0.4, 0.5) is 0 Å². The summed E-state index contributed by atoms with van der Waals surface area (Å²) in [6.45, 7) is 2.23. The lowest BCUT2D eigenvalue weighted by atomic mass is 10.3. The minimum Gasteiger partial charge on any atom is -0.497 e. The second-order valence-corrected chi connectivity index (χ2v) is 4.40. The summed E-state index contributed by atoms with van der Waals surface area (Å²) in [6, 6.07) is 8.27. The van der Waals surface area contributed by atoms with Crippen LogP contribution in [0.3, 0.4) is 0 Å². The van der Waals surface area contributed by atoms with Gasteiger partial charge in [0.05, 0.1) is 7.11 Å². The van der Waals surface area contributed by atoms with Crippen LogP contribution in [0, 0.1) is 0 Å². The van der Waals surface area contributed by atoms with Gasteiger partial charge in [-0.25, -0.2) is 0 Å². The molecule has 0 aliphatic heterocycles.